The Hall–Kier alpha value is -3.06. The van der Waals surface area contributed by atoms with Crippen LogP contribution in [0.15, 0.2) is 48.5 Å². The molecule has 33 heavy (non-hydrogen) atoms. The number of piperazine rings is 1. The van der Waals surface area contributed by atoms with Crippen LogP contribution < -0.4 is 15.5 Å². The first kappa shape index (κ1) is 24.6. The van der Waals surface area contributed by atoms with Crippen molar-refractivity contribution in [2.45, 2.75) is 39.8 Å². The quantitative estimate of drug-likeness (QED) is 0.672. The highest BCUT2D eigenvalue weighted by molar-refractivity contribution is 5.94. The second kappa shape index (κ2) is 11.2. The Morgan fingerprint density at radius 2 is 1.67 bits per heavy atom. The molecule has 2 amide bonds. The van der Waals surface area contributed by atoms with Crippen molar-refractivity contribution in [3.63, 3.8) is 0 Å². The lowest BCUT2D eigenvalue weighted by molar-refractivity contribution is 0.0523. The van der Waals surface area contributed by atoms with Crippen LogP contribution in [0, 0.1) is 6.92 Å². The van der Waals surface area contributed by atoms with E-state index in [1.54, 1.807) is 12.1 Å². The van der Waals surface area contributed by atoms with Crippen LogP contribution in [-0.2, 0) is 11.3 Å². The monoisotopic (exact) mass is 452 g/mol. The number of anilines is 1. The summed E-state index contributed by atoms with van der Waals surface area (Å²) in [4.78, 5) is 29.0. The Balaban J connectivity index is 1.36. The van der Waals surface area contributed by atoms with Crippen molar-refractivity contribution in [2.24, 2.45) is 0 Å². The molecule has 3 rings (SSSR count). The molecular formula is C26H36N4O3. The molecule has 0 saturated carbocycles. The van der Waals surface area contributed by atoms with E-state index >= 15 is 0 Å². The van der Waals surface area contributed by atoms with Crippen molar-refractivity contribution in [2.75, 3.05) is 44.2 Å². The molecule has 0 spiro atoms. The van der Waals surface area contributed by atoms with Gasteiger partial charge >= 0.3 is 6.09 Å². The number of ether oxygens (including phenoxy) is 1. The lowest BCUT2D eigenvalue weighted by atomic mass is 10.1. The van der Waals surface area contributed by atoms with Gasteiger partial charge in [0.05, 0.1) is 0 Å². The Labute approximate surface area is 197 Å². The number of nitrogens with zero attached hydrogens (tertiary/aromatic N) is 2. The highest BCUT2D eigenvalue weighted by Gasteiger charge is 2.18. The summed E-state index contributed by atoms with van der Waals surface area (Å²) in [6, 6.07) is 15.9. The van der Waals surface area contributed by atoms with E-state index in [9.17, 15) is 9.59 Å². The molecule has 0 radical (unpaired) electrons. The topological polar surface area (TPSA) is 73.9 Å². The number of nitrogens with one attached hydrogen (secondary N) is 2. The summed E-state index contributed by atoms with van der Waals surface area (Å²) in [6.45, 7) is 13.4. The molecule has 1 heterocycles. The lowest BCUT2D eigenvalue weighted by Crippen LogP contribution is -2.48. The second-order valence-electron chi connectivity index (χ2n) is 9.48. The van der Waals surface area contributed by atoms with Gasteiger partial charge in [-0.2, -0.15) is 0 Å². The van der Waals surface area contributed by atoms with Gasteiger partial charge in [-0.1, -0.05) is 24.3 Å². The van der Waals surface area contributed by atoms with Gasteiger partial charge in [-0.3, -0.25) is 9.69 Å². The van der Waals surface area contributed by atoms with Gasteiger partial charge in [-0.05, 0) is 63.1 Å². The fourth-order valence-corrected chi connectivity index (χ4v) is 3.75. The SMILES string of the molecule is Cc1cccc(N2CCN(CCNC(=O)c3ccc(CNC(=O)OC(C)(C)C)cc3)CC2)c1. The summed E-state index contributed by atoms with van der Waals surface area (Å²) in [5, 5.41) is 5.73. The second-order valence-corrected chi connectivity index (χ2v) is 9.48. The predicted molar refractivity (Wildman–Crippen MR) is 132 cm³/mol. The number of rotatable bonds is 7. The summed E-state index contributed by atoms with van der Waals surface area (Å²) < 4.78 is 5.23. The van der Waals surface area contributed by atoms with E-state index in [0.717, 1.165) is 38.3 Å². The van der Waals surface area contributed by atoms with E-state index < -0.39 is 11.7 Å². The third kappa shape index (κ3) is 8.09. The van der Waals surface area contributed by atoms with E-state index in [4.69, 9.17) is 4.74 Å². The van der Waals surface area contributed by atoms with Crippen molar-refractivity contribution < 1.29 is 14.3 Å². The summed E-state index contributed by atoms with van der Waals surface area (Å²) in [6.07, 6.45) is -0.455. The molecule has 2 aromatic rings. The van der Waals surface area contributed by atoms with Crippen molar-refractivity contribution >= 4 is 17.7 Å². The number of hydrogen-bond acceptors (Lipinski definition) is 5. The fraction of sp³-hybridized carbons (Fsp3) is 0.462. The third-order valence-corrected chi connectivity index (χ3v) is 5.50. The number of amides is 2. The Bertz CT molecular complexity index is 929. The van der Waals surface area contributed by atoms with E-state index in [0.29, 0.717) is 18.7 Å². The smallest absolute Gasteiger partial charge is 0.407 e. The van der Waals surface area contributed by atoms with Crippen LogP contribution in [0.1, 0.15) is 42.3 Å². The normalized spacial score (nSPS) is 14.6. The van der Waals surface area contributed by atoms with Crippen molar-refractivity contribution in [1.29, 1.82) is 0 Å². The summed E-state index contributed by atoms with van der Waals surface area (Å²) in [7, 11) is 0. The van der Waals surface area contributed by atoms with Gasteiger partial charge in [0.2, 0.25) is 0 Å². The first-order valence-electron chi connectivity index (χ1n) is 11.6. The van der Waals surface area contributed by atoms with E-state index in [2.05, 4.69) is 51.6 Å². The zero-order chi connectivity index (χ0) is 23.8. The molecule has 1 aliphatic rings. The molecule has 1 aliphatic heterocycles. The van der Waals surface area contributed by atoms with Crippen molar-refractivity contribution in [3.8, 4) is 0 Å². The van der Waals surface area contributed by atoms with E-state index in [1.807, 2.05) is 32.9 Å². The first-order chi connectivity index (χ1) is 15.7. The van der Waals surface area contributed by atoms with Crippen LogP contribution in [0.25, 0.3) is 0 Å². The summed E-state index contributed by atoms with van der Waals surface area (Å²) >= 11 is 0. The van der Waals surface area contributed by atoms with Crippen molar-refractivity contribution in [1.82, 2.24) is 15.5 Å². The molecule has 178 valence electrons. The Kier molecular flexibility index (Phi) is 8.33. The lowest BCUT2D eigenvalue weighted by Gasteiger charge is -2.36. The minimum Gasteiger partial charge on any atom is -0.444 e. The number of benzene rings is 2. The van der Waals surface area contributed by atoms with Crippen LogP contribution in [0.3, 0.4) is 0 Å². The fourth-order valence-electron chi connectivity index (χ4n) is 3.75. The highest BCUT2D eigenvalue weighted by Crippen LogP contribution is 2.17. The van der Waals surface area contributed by atoms with Gasteiger partial charge in [0, 0.05) is 57.1 Å². The highest BCUT2D eigenvalue weighted by atomic mass is 16.6. The van der Waals surface area contributed by atoms with Gasteiger partial charge in [-0.25, -0.2) is 4.79 Å². The van der Waals surface area contributed by atoms with Crippen LogP contribution in [0.4, 0.5) is 10.5 Å². The zero-order valence-electron chi connectivity index (χ0n) is 20.2. The maximum absolute atomic E-state index is 12.5. The molecular weight excluding hydrogens is 416 g/mol. The average Bonchev–Trinajstić information content (AvgIpc) is 2.77. The van der Waals surface area contributed by atoms with Crippen LogP contribution in [-0.4, -0.2) is 61.8 Å². The van der Waals surface area contributed by atoms with E-state index in [-0.39, 0.29) is 5.91 Å². The van der Waals surface area contributed by atoms with Crippen LogP contribution >= 0.6 is 0 Å². The largest absolute Gasteiger partial charge is 0.444 e. The number of aryl methyl sites for hydroxylation is 1. The first-order valence-corrected chi connectivity index (χ1v) is 11.6. The Morgan fingerprint density at radius 1 is 0.970 bits per heavy atom. The molecule has 0 unspecified atom stereocenters. The maximum Gasteiger partial charge on any atom is 0.407 e. The molecule has 0 aromatic heterocycles. The molecule has 0 atom stereocenters. The van der Waals surface area contributed by atoms with Gasteiger partial charge in [0.1, 0.15) is 5.60 Å². The van der Waals surface area contributed by atoms with Crippen LogP contribution in [0.5, 0.6) is 0 Å². The number of alkyl carbamates (subject to hydrolysis) is 1. The zero-order valence-corrected chi connectivity index (χ0v) is 20.2. The van der Waals surface area contributed by atoms with Gasteiger partial charge < -0.3 is 20.3 Å². The van der Waals surface area contributed by atoms with Gasteiger partial charge in [0.25, 0.3) is 5.91 Å². The molecule has 0 aliphatic carbocycles. The maximum atomic E-state index is 12.5. The number of hydrogen-bond donors (Lipinski definition) is 2. The molecule has 2 N–H and O–H groups in total. The van der Waals surface area contributed by atoms with Gasteiger partial charge in [-0.15, -0.1) is 0 Å². The molecule has 7 heteroatoms. The van der Waals surface area contributed by atoms with Gasteiger partial charge in [0.15, 0.2) is 0 Å². The molecule has 1 saturated heterocycles. The minimum atomic E-state index is -0.527. The third-order valence-electron chi connectivity index (χ3n) is 5.50. The van der Waals surface area contributed by atoms with Crippen LogP contribution in [0.2, 0.25) is 0 Å². The molecule has 7 nitrogen and oxygen atoms in total. The Morgan fingerprint density at radius 3 is 2.30 bits per heavy atom. The van der Waals surface area contributed by atoms with E-state index in [1.165, 1.54) is 11.3 Å². The van der Waals surface area contributed by atoms with Crippen molar-refractivity contribution in [3.05, 3.63) is 65.2 Å². The summed E-state index contributed by atoms with van der Waals surface area (Å²) in [5.74, 6) is -0.0833. The summed E-state index contributed by atoms with van der Waals surface area (Å²) in [5.41, 5.74) is 3.56. The average molecular weight is 453 g/mol. The number of carbonyl (C=O) groups is 2. The molecule has 1 fully saturated rings. The minimum absolute atomic E-state index is 0.0833. The number of carbonyl (C=O) groups excluding carboxylic acids is 2. The predicted octanol–water partition coefficient (Wildman–Crippen LogP) is 3.57. The molecule has 0 bridgehead atoms. The standard InChI is InChI=1S/C26H36N4O3/c1-20-6-5-7-23(18-20)30-16-14-29(15-17-30)13-12-27-24(31)22-10-8-21(9-11-22)19-28-25(32)33-26(2,3)4/h5-11,18H,12-17,19H2,1-4H3,(H,27,31)(H,28,32). The molecule has 2 aromatic carbocycles.